The van der Waals surface area contributed by atoms with Crippen molar-refractivity contribution in [1.29, 1.82) is 0 Å². The van der Waals surface area contributed by atoms with Crippen LogP contribution in [0.25, 0.3) is 22.4 Å². The summed E-state index contributed by atoms with van der Waals surface area (Å²) in [6.07, 6.45) is 3.41. The van der Waals surface area contributed by atoms with Crippen molar-refractivity contribution in [2.24, 2.45) is 0 Å². The van der Waals surface area contributed by atoms with E-state index in [4.69, 9.17) is 27.7 Å². The molecular weight excluding hydrogens is 435 g/mol. The van der Waals surface area contributed by atoms with Crippen LogP contribution in [0.15, 0.2) is 77.6 Å². The van der Waals surface area contributed by atoms with E-state index in [0.29, 0.717) is 27.8 Å². The summed E-state index contributed by atoms with van der Waals surface area (Å²) >= 11 is 12.4. The number of pyridine rings is 1. The van der Waals surface area contributed by atoms with Crippen LogP contribution in [0, 0.1) is 0 Å². The quantitative estimate of drug-likeness (QED) is 0.323. The van der Waals surface area contributed by atoms with E-state index in [2.05, 4.69) is 15.1 Å². The molecule has 0 amide bonds. The molecule has 0 unspecified atom stereocenters. The second-order valence-corrected chi connectivity index (χ2v) is 7.73. The monoisotopic (exact) mass is 448 g/mol. The molecule has 0 radical (unpaired) electrons. The summed E-state index contributed by atoms with van der Waals surface area (Å²) in [5.41, 5.74) is 2.78. The lowest BCUT2D eigenvalue weighted by atomic mass is 10.1. The summed E-state index contributed by atoms with van der Waals surface area (Å²) < 4.78 is 7.21. The Kier molecular flexibility index (Phi) is 5.02. The number of aromatic nitrogens is 4. The lowest BCUT2D eigenvalue weighted by Crippen LogP contribution is -2.02. The number of carbonyl (C=O) groups excluding carboxylic acids is 1. The molecule has 8 heteroatoms. The molecule has 5 rings (SSSR count). The predicted molar refractivity (Wildman–Crippen MR) is 118 cm³/mol. The zero-order valence-corrected chi connectivity index (χ0v) is 17.5. The number of carbonyl (C=O) groups is 1. The van der Waals surface area contributed by atoms with Gasteiger partial charge in [0.2, 0.25) is 5.82 Å². The minimum absolute atomic E-state index is 0.0897. The van der Waals surface area contributed by atoms with Crippen LogP contribution in [0.5, 0.6) is 0 Å². The summed E-state index contributed by atoms with van der Waals surface area (Å²) in [6.45, 7) is 0.479. The van der Waals surface area contributed by atoms with Crippen molar-refractivity contribution in [1.82, 2.24) is 19.7 Å². The van der Waals surface area contributed by atoms with E-state index in [0.717, 1.165) is 16.5 Å². The van der Waals surface area contributed by atoms with Gasteiger partial charge in [-0.25, -0.2) is 0 Å². The van der Waals surface area contributed by atoms with E-state index >= 15 is 0 Å². The Bertz CT molecular complexity index is 1410. The molecule has 5 aromatic rings. The lowest BCUT2D eigenvalue weighted by molar-refractivity contribution is 0.0995. The first kappa shape index (κ1) is 19.5. The number of hydrogen-bond acceptors (Lipinski definition) is 5. The molecule has 6 nitrogen and oxygen atoms in total. The van der Waals surface area contributed by atoms with Crippen molar-refractivity contribution < 1.29 is 9.32 Å². The summed E-state index contributed by atoms with van der Waals surface area (Å²) in [6, 6.07) is 18.4. The van der Waals surface area contributed by atoms with Gasteiger partial charge in [-0.2, -0.15) is 4.98 Å². The van der Waals surface area contributed by atoms with Crippen molar-refractivity contribution in [3.8, 4) is 11.5 Å². The van der Waals surface area contributed by atoms with Crippen molar-refractivity contribution in [3.63, 3.8) is 0 Å². The molecule has 0 fully saturated rings. The second-order valence-electron chi connectivity index (χ2n) is 6.89. The van der Waals surface area contributed by atoms with Crippen LogP contribution in [-0.4, -0.2) is 25.5 Å². The largest absolute Gasteiger partial charge is 0.342 e. The van der Waals surface area contributed by atoms with Gasteiger partial charge < -0.3 is 9.09 Å². The van der Waals surface area contributed by atoms with Gasteiger partial charge in [0, 0.05) is 39.9 Å². The Labute approximate surface area is 187 Å². The third-order valence-electron chi connectivity index (χ3n) is 4.90. The highest BCUT2D eigenvalue weighted by Gasteiger charge is 2.23. The topological polar surface area (TPSA) is 73.8 Å². The van der Waals surface area contributed by atoms with E-state index in [9.17, 15) is 4.79 Å². The first-order chi connectivity index (χ1) is 15.1. The fourth-order valence-electron chi connectivity index (χ4n) is 3.42. The highest BCUT2D eigenvalue weighted by Crippen LogP contribution is 2.27. The standard InChI is InChI=1S/C23H14Cl2N4O2/c24-15-9-8-14(18(25)11-15)12-29-13-17(16-5-1-2-7-20(16)29)21(30)23-27-22(28-31-23)19-6-3-4-10-26-19/h1-11,13H,12H2. The minimum atomic E-state index is -0.355. The summed E-state index contributed by atoms with van der Waals surface area (Å²) in [5, 5.41) is 5.82. The lowest BCUT2D eigenvalue weighted by Gasteiger charge is -2.08. The van der Waals surface area contributed by atoms with Gasteiger partial charge in [0.1, 0.15) is 5.69 Å². The summed E-state index contributed by atoms with van der Waals surface area (Å²) in [4.78, 5) is 21.6. The molecule has 0 aliphatic rings. The van der Waals surface area contributed by atoms with E-state index in [-0.39, 0.29) is 17.5 Å². The SMILES string of the molecule is O=C(c1nc(-c2ccccn2)no1)c1cn(Cc2ccc(Cl)cc2Cl)c2ccccc12. The number of halogens is 2. The van der Waals surface area contributed by atoms with Crippen LogP contribution in [0.3, 0.4) is 0 Å². The number of ketones is 1. The molecule has 0 saturated heterocycles. The van der Waals surface area contributed by atoms with Crippen molar-refractivity contribution in [2.75, 3.05) is 0 Å². The van der Waals surface area contributed by atoms with E-state index in [1.807, 2.05) is 41.0 Å². The molecule has 0 bridgehead atoms. The zero-order chi connectivity index (χ0) is 21.4. The third-order valence-corrected chi connectivity index (χ3v) is 5.49. The first-order valence-corrected chi connectivity index (χ1v) is 10.2. The van der Waals surface area contributed by atoms with Crippen LogP contribution < -0.4 is 0 Å². The molecule has 0 aliphatic heterocycles. The second kappa shape index (κ2) is 7.98. The fourth-order valence-corrected chi connectivity index (χ4v) is 3.89. The van der Waals surface area contributed by atoms with Gasteiger partial charge in [-0.1, -0.05) is 58.7 Å². The molecule has 152 valence electrons. The number of hydrogen-bond donors (Lipinski definition) is 0. The van der Waals surface area contributed by atoms with Crippen molar-refractivity contribution >= 4 is 39.9 Å². The number of nitrogens with zero attached hydrogens (tertiary/aromatic N) is 4. The van der Waals surface area contributed by atoms with Crippen LogP contribution in [0.2, 0.25) is 10.0 Å². The Morgan fingerprint density at radius 2 is 1.87 bits per heavy atom. The number of rotatable bonds is 5. The van der Waals surface area contributed by atoms with Gasteiger partial charge in [-0.05, 0) is 35.9 Å². The number of benzene rings is 2. The molecule has 0 saturated carbocycles. The van der Waals surface area contributed by atoms with E-state index in [1.54, 1.807) is 36.7 Å². The molecule has 3 heterocycles. The van der Waals surface area contributed by atoms with Crippen LogP contribution >= 0.6 is 23.2 Å². The average Bonchev–Trinajstić information content (AvgIpc) is 3.42. The fraction of sp³-hybridized carbons (Fsp3) is 0.0435. The highest BCUT2D eigenvalue weighted by atomic mass is 35.5. The van der Waals surface area contributed by atoms with Crippen molar-refractivity contribution in [3.05, 3.63) is 100 Å². The van der Waals surface area contributed by atoms with Gasteiger partial charge in [0.25, 0.3) is 11.7 Å². The van der Waals surface area contributed by atoms with Gasteiger partial charge in [0.15, 0.2) is 0 Å². The Morgan fingerprint density at radius 1 is 1.03 bits per heavy atom. The number of para-hydroxylation sites is 1. The Morgan fingerprint density at radius 3 is 2.68 bits per heavy atom. The van der Waals surface area contributed by atoms with E-state index < -0.39 is 0 Å². The molecule has 0 atom stereocenters. The molecule has 2 aromatic carbocycles. The summed E-state index contributed by atoms with van der Waals surface area (Å²) in [7, 11) is 0. The molecule has 0 spiro atoms. The molecule has 0 N–H and O–H groups in total. The molecule has 0 aliphatic carbocycles. The van der Waals surface area contributed by atoms with Crippen LogP contribution in [-0.2, 0) is 6.54 Å². The molecule has 31 heavy (non-hydrogen) atoms. The maximum absolute atomic E-state index is 13.2. The Balaban J connectivity index is 1.53. The van der Waals surface area contributed by atoms with Gasteiger partial charge in [-0.3, -0.25) is 9.78 Å². The third kappa shape index (κ3) is 3.71. The molecular formula is C23H14Cl2N4O2. The zero-order valence-electron chi connectivity index (χ0n) is 16.0. The highest BCUT2D eigenvalue weighted by molar-refractivity contribution is 6.35. The smallest absolute Gasteiger partial charge is 0.299 e. The van der Waals surface area contributed by atoms with Gasteiger partial charge >= 0.3 is 0 Å². The van der Waals surface area contributed by atoms with Crippen molar-refractivity contribution in [2.45, 2.75) is 6.54 Å². The maximum Gasteiger partial charge on any atom is 0.299 e. The molecule has 3 aromatic heterocycles. The summed E-state index contributed by atoms with van der Waals surface area (Å²) in [5.74, 6) is -0.180. The van der Waals surface area contributed by atoms with Crippen LogP contribution in [0.1, 0.15) is 21.8 Å². The van der Waals surface area contributed by atoms with Gasteiger partial charge in [0.05, 0.1) is 5.56 Å². The van der Waals surface area contributed by atoms with E-state index in [1.165, 1.54) is 0 Å². The Hall–Kier alpha value is -3.48. The van der Waals surface area contributed by atoms with Crippen LogP contribution in [0.4, 0.5) is 0 Å². The first-order valence-electron chi connectivity index (χ1n) is 9.42. The van der Waals surface area contributed by atoms with Gasteiger partial charge in [-0.15, -0.1) is 0 Å². The predicted octanol–water partition coefficient (Wildman–Crippen LogP) is 5.67. The number of fused-ring (bicyclic) bond motifs is 1. The normalized spacial score (nSPS) is 11.2. The average molecular weight is 449 g/mol. The minimum Gasteiger partial charge on any atom is -0.342 e. The maximum atomic E-state index is 13.2.